The first kappa shape index (κ1) is 17.2. The van der Waals surface area contributed by atoms with Crippen LogP contribution in [0.15, 0.2) is 29.4 Å². The minimum absolute atomic E-state index is 0.0580. The molecule has 1 aliphatic rings. The zero-order valence-electron chi connectivity index (χ0n) is 13.6. The third-order valence-corrected chi connectivity index (χ3v) is 5.05. The van der Waals surface area contributed by atoms with Crippen LogP contribution in [0.2, 0.25) is 0 Å². The van der Waals surface area contributed by atoms with E-state index in [0.29, 0.717) is 16.5 Å². The van der Waals surface area contributed by atoms with Gasteiger partial charge in [-0.05, 0) is 37.8 Å². The lowest BCUT2D eigenvalue weighted by molar-refractivity contribution is -0.119. The molecule has 1 aromatic heterocycles. The van der Waals surface area contributed by atoms with Crippen molar-refractivity contribution in [1.29, 1.82) is 5.26 Å². The van der Waals surface area contributed by atoms with Crippen LogP contribution in [0, 0.1) is 23.1 Å². The number of benzene rings is 1. The second kappa shape index (κ2) is 6.72. The van der Waals surface area contributed by atoms with E-state index in [0.717, 1.165) is 24.6 Å². The van der Waals surface area contributed by atoms with E-state index in [1.807, 2.05) is 0 Å². The van der Waals surface area contributed by atoms with Crippen molar-refractivity contribution in [3.8, 4) is 17.5 Å². The van der Waals surface area contributed by atoms with Gasteiger partial charge in [0.1, 0.15) is 11.4 Å². The molecule has 130 valence electrons. The zero-order valence-corrected chi connectivity index (χ0v) is 14.4. The maximum absolute atomic E-state index is 13.3. The van der Waals surface area contributed by atoms with Crippen LogP contribution in [0.25, 0.3) is 11.4 Å². The van der Waals surface area contributed by atoms with Gasteiger partial charge in [-0.1, -0.05) is 23.9 Å². The maximum Gasteiger partial charge on any atom is 0.231 e. The number of nitrogens with one attached hydrogen (secondary N) is 1. The van der Waals surface area contributed by atoms with Gasteiger partial charge in [-0.3, -0.25) is 4.79 Å². The number of carbonyl (C=O) groups is 1. The van der Waals surface area contributed by atoms with Gasteiger partial charge in [0.25, 0.3) is 0 Å². The lowest BCUT2D eigenvalue weighted by Crippen LogP contribution is -2.47. The van der Waals surface area contributed by atoms with Gasteiger partial charge >= 0.3 is 0 Å². The molecule has 1 unspecified atom stereocenters. The summed E-state index contributed by atoms with van der Waals surface area (Å²) in [5.74, 6) is 5.86. The van der Waals surface area contributed by atoms with E-state index in [4.69, 9.17) is 5.84 Å². The average Bonchev–Trinajstić information content (AvgIpc) is 3.38. The van der Waals surface area contributed by atoms with Gasteiger partial charge < -0.3 is 11.2 Å². The number of hydrogen-bond acceptors (Lipinski definition) is 6. The van der Waals surface area contributed by atoms with Crippen molar-refractivity contribution in [3.63, 3.8) is 0 Å². The van der Waals surface area contributed by atoms with Crippen LogP contribution in [-0.4, -0.2) is 32.1 Å². The maximum atomic E-state index is 13.3. The predicted molar refractivity (Wildman–Crippen MR) is 91.2 cm³/mol. The Morgan fingerprint density at radius 1 is 1.56 bits per heavy atom. The summed E-state index contributed by atoms with van der Waals surface area (Å²) in [5, 5.41) is 20.3. The third-order valence-electron chi connectivity index (χ3n) is 4.10. The molecule has 0 spiro atoms. The van der Waals surface area contributed by atoms with E-state index in [1.54, 1.807) is 19.1 Å². The largest absolute Gasteiger partial charge is 0.337 e. The molecule has 0 bridgehead atoms. The van der Waals surface area contributed by atoms with Gasteiger partial charge in [0.05, 0.1) is 11.8 Å². The van der Waals surface area contributed by atoms with Crippen LogP contribution in [-0.2, 0) is 4.79 Å². The summed E-state index contributed by atoms with van der Waals surface area (Å²) in [6, 6.07) is 8.04. The fraction of sp³-hybridized carbons (Fsp3) is 0.375. The van der Waals surface area contributed by atoms with E-state index >= 15 is 0 Å². The Kier molecular flexibility index (Phi) is 4.63. The molecule has 0 aliphatic heterocycles. The number of nitrogen functional groups attached to an aromatic ring is 1. The fourth-order valence-electron chi connectivity index (χ4n) is 2.54. The molecule has 1 aliphatic carbocycles. The number of nitriles is 1. The molecule has 0 saturated heterocycles. The Labute approximate surface area is 148 Å². The number of thioether (sulfide) groups is 1. The molecule has 3 rings (SSSR count). The number of nitrogens with zero attached hydrogens (tertiary/aromatic N) is 4. The Morgan fingerprint density at radius 2 is 2.32 bits per heavy atom. The Bertz CT molecular complexity index is 843. The van der Waals surface area contributed by atoms with E-state index in [1.165, 1.54) is 16.8 Å². The number of halogens is 1. The molecule has 25 heavy (non-hydrogen) atoms. The molecule has 7 nitrogen and oxygen atoms in total. The van der Waals surface area contributed by atoms with Crippen molar-refractivity contribution >= 4 is 17.7 Å². The summed E-state index contributed by atoms with van der Waals surface area (Å²) >= 11 is 1.11. The van der Waals surface area contributed by atoms with Crippen molar-refractivity contribution in [2.45, 2.75) is 30.5 Å². The van der Waals surface area contributed by atoms with Crippen molar-refractivity contribution in [1.82, 2.24) is 20.2 Å². The highest BCUT2D eigenvalue weighted by molar-refractivity contribution is 7.99. The van der Waals surface area contributed by atoms with E-state index in [9.17, 15) is 14.4 Å². The van der Waals surface area contributed by atoms with Crippen molar-refractivity contribution < 1.29 is 9.18 Å². The monoisotopic (exact) mass is 360 g/mol. The summed E-state index contributed by atoms with van der Waals surface area (Å²) in [7, 11) is 0. The minimum Gasteiger partial charge on any atom is -0.337 e. The number of carbonyl (C=O) groups excluding carboxylic acids is 1. The summed E-state index contributed by atoms with van der Waals surface area (Å²) in [4.78, 5) is 12.1. The first-order valence-corrected chi connectivity index (χ1v) is 8.73. The van der Waals surface area contributed by atoms with Crippen molar-refractivity contribution in [2.75, 3.05) is 11.6 Å². The topological polar surface area (TPSA) is 110 Å². The summed E-state index contributed by atoms with van der Waals surface area (Å²) in [6.07, 6.45) is 1.90. The van der Waals surface area contributed by atoms with Crippen molar-refractivity contribution in [3.05, 3.63) is 30.1 Å². The lowest BCUT2D eigenvalue weighted by atomic mass is 9.98. The fourth-order valence-corrected chi connectivity index (χ4v) is 3.19. The highest BCUT2D eigenvalue weighted by Gasteiger charge is 2.42. The summed E-state index contributed by atoms with van der Waals surface area (Å²) in [5.41, 5.74) is -0.335. The van der Waals surface area contributed by atoms with Gasteiger partial charge in [-0.25, -0.2) is 9.07 Å². The van der Waals surface area contributed by atoms with Crippen LogP contribution in [0.5, 0.6) is 0 Å². The number of hydrogen-bond donors (Lipinski definition) is 2. The summed E-state index contributed by atoms with van der Waals surface area (Å²) < 4.78 is 14.5. The van der Waals surface area contributed by atoms with Crippen LogP contribution in [0.1, 0.15) is 19.8 Å². The van der Waals surface area contributed by atoms with E-state index in [-0.39, 0.29) is 17.6 Å². The predicted octanol–water partition coefficient (Wildman–Crippen LogP) is 1.70. The third kappa shape index (κ3) is 3.74. The average molecular weight is 360 g/mol. The van der Waals surface area contributed by atoms with Crippen LogP contribution in [0.4, 0.5) is 4.39 Å². The second-order valence-corrected chi connectivity index (χ2v) is 7.05. The Balaban J connectivity index is 1.64. The molecule has 2 aromatic rings. The normalized spacial score (nSPS) is 16.0. The first-order valence-electron chi connectivity index (χ1n) is 7.74. The molecular formula is C16H17FN6OS. The molecule has 0 radical (unpaired) electrons. The molecule has 1 heterocycles. The number of rotatable bonds is 6. The lowest BCUT2D eigenvalue weighted by Gasteiger charge is -2.22. The highest BCUT2D eigenvalue weighted by atomic mass is 32.2. The number of nitrogens with two attached hydrogens (primary N) is 1. The molecule has 1 saturated carbocycles. The summed E-state index contributed by atoms with van der Waals surface area (Å²) in [6.45, 7) is 1.74. The van der Waals surface area contributed by atoms with Gasteiger partial charge in [0, 0.05) is 5.56 Å². The number of amides is 1. The smallest absolute Gasteiger partial charge is 0.231 e. The molecule has 1 amide bonds. The molecular weight excluding hydrogens is 343 g/mol. The molecule has 1 fully saturated rings. The van der Waals surface area contributed by atoms with E-state index in [2.05, 4.69) is 21.6 Å². The first-order chi connectivity index (χ1) is 11.9. The Morgan fingerprint density at radius 3 is 2.96 bits per heavy atom. The quantitative estimate of drug-likeness (QED) is 0.599. The van der Waals surface area contributed by atoms with Crippen LogP contribution >= 0.6 is 11.8 Å². The van der Waals surface area contributed by atoms with Crippen molar-refractivity contribution in [2.24, 2.45) is 5.92 Å². The SMILES string of the molecule is CC(C#N)(NC(=O)CSc1nnc(-c2cccc(F)c2)n1N)C1CC1. The zero-order chi connectivity index (χ0) is 18.0. The van der Waals surface area contributed by atoms with Crippen LogP contribution in [0.3, 0.4) is 0 Å². The van der Waals surface area contributed by atoms with E-state index < -0.39 is 11.4 Å². The van der Waals surface area contributed by atoms with Crippen LogP contribution < -0.4 is 11.2 Å². The van der Waals surface area contributed by atoms with Gasteiger partial charge in [-0.15, -0.1) is 10.2 Å². The molecule has 1 atom stereocenters. The standard InChI is InChI=1S/C16H17FN6OS/c1-16(9-18,11-5-6-11)20-13(24)8-25-15-22-21-14(23(15)19)10-3-2-4-12(17)7-10/h2-4,7,11H,5-6,8,19H2,1H3,(H,20,24). The number of aromatic nitrogens is 3. The van der Waals surface area contributed by atoms with Gasteiger partial charge in [0.2, 0.25) is 11.1 Å². The highest BCUT2D eigenvalue weighted by Crippen LogP contribution is 2.39. The van der Waals surface area contributed by atoms with Gasteiger partial charge in [-0.2, -0.15) is 5.26 Å². The second-order valence-electron chi connectivity index (χ2n) is 6.11. The minimum atomic E-state index is -0.833. The molecule has 9 heteroatoms. The van der Waals surface area contributed by atoms with Gasteiger partial charge in [0.15, 0.2) is 5.82 Å². The molecule has 3 N–H and O–H groups in total. The Hall–Kier alpha value is -2.60. The molecule has 1 aromatic carbocycles.